The zero-order valence-electron chi connectivity index (χ0n) is 9.26. The Morgan fingerprint density at radius 2 is 1.93 bits per heavy atom. The molecule has 0 amide bonds. The molecule has 0 fully saturated rings. The maximum absolute atomic E-state index is 5.79. The first-order valence-corrected chi connectivity index (χ1v) is 5.14. The molecule has 0 bridgehead atoms. The van der Waals surface area contributed by atoms with E-state index in [2.05, 4.69) is 6.92 Å². The summed E-state index contributed by atoms with van der Waals surface area (Å²) in [5, 5.41) is 0. The summed E-state index contributed by atoms with van der Waals surface area (Å²) >= 11 is 0. The van der Waals surface area contributed by atoms with E-state index in [4.69, 9.17) is 10.5 Å². The third-order valence-electron chi connectivity index (χ3n) is 2.32. The van der Waals surface area contributed by atoms with Crippen molar-refractivity contribution in [2.24, 2.45) is 0 Å². The molecule has 0 heterocycles. The van der Waals surface area contributed by atoms with Gasteiger partial charge in [-0.15, -0.1) is 0 Å². The molecule has 0 aromatic heterocycles. The number of rotatable bonds is 4. The predicted octanol–water partition coefficient (Wildman–Crippen LogP) is 3.06. The molecule has 78 valence electrons. The van der Waals surface area contributed by atoms with Crippen LogP contribution in [0.2, 0.25) is 0 Å². The lowest BCUT2D eigenvalue weighted by atomic mass is 10.1. The van der Waals surface area contributed by atoms with Gasteiger partial charge in [-0.3, -0.25) is 0 Å². The fourth-order valence-corrected chi connectivity index (χ4v) is 1.29. The number of hydrogen-bond donors (Lipinski definition) is 1. The maximum Gasteiger partial charge on any atom is 0.122 e. The second kappa shape index (κ2) is 4.89. The molecule has 1 rings (SSSR count). The molecule has 1 aromatic rings. The average Bonchev–Trinajstić information content (AvgIpc) is 2.14. The van der Waals surface area contributed by atoms with Crippen molar-refractivity contribution < 1.29 is 4.74 Å². The molecule has 2 N–H and O–H groups in total. The van der Waals surface area contributed by atoms with Gasteiger partial charge in [-0.25, -0.2) is 0 Å². The Labute approximate surface area is 86.1 Å². The third kappa shape index (κ3) is 2.66. The molecular formula is C12H19NO. The number of nitrogen functional groups attached to an aromatic ring is 1. The highest BCUT2D eigenvalue weighted by Gasteiger charge is 2.02. The van der Waals surface area contributed by atoms with Crippen molar-refractivity contribution in [2.75, 3.05) is 12.3 Å². The predicted molar refractivity (Wildman–Crippen MR) is 60.7 cm³/mol. The molecule has 14 heavy (non-hydrogen) atoms. The fraction of sp³-hybridized carbons (Fsp3) is 0.500. The normalized spacial score (nSPS) is 10.2. The van der Waals surface area contributed by atoms with Gasteiger partial charge in [0.05, 0.1) is 6.61 Å². The molecule has 0 spiro atoms. The molecule has 0 saturated carbocycles. The van der Waals surface area contributed by atoms with Gasteiger partial charge in [-0.1, -0.05) is 13.3 Å². The van der Waals surface area contributed by atoms with E-state index in [0.29, 0.717) is 0 Å². The van der Waals surface area contributed by atoms with Crippen molar-refractivity contribution in [3.63, 3.8) is 0 Å². The van der Waals surface area contributed by atoms with Gasteiger partial charge in [0.1, 0.15) is 5.75 Å². The van der Waals surface area contributed by atoms with Gasteiger partial charge >= 0.3 is 0 Å². The van der Waals surface area contributed by atoms with Gasteiger partial charge in [0.15, 0.2) is 0 Å². The first kappa shape index (κ1) is 10.9. The summed E-state index contributed by atoms with van der Waals surface area (Å²) in [6.45, 7) is 6.98. The molecule has 0 aliphatic carbocycles. The highest BCUT2D eigenvalue weighted by molar-refractivity contribution is 5.53. The Bertz CT molecular complexity index is 307. The van der Waals surface area contributed by atoms with Gasteiger partial charge in [-0.05, 0) is 43.5 Å². The van der Waals surface area contributed by atoms with Crippen LogP contribution in [0.1, 0.15) is 30.9 Å². The number of benzene rings is 1. The molecule has 0 unspecified atom stereocenters. The van der Waals surface area contributed by atoms with E-state index in [1.54, 1.807) is 0 Å². The summed E-state index contributed by atoms with van der Waals surface area (Å²) in [4.78, 5) is 0. The monoisotopic (exact) mass is 193 g/mol. The molecule has 0 saturated heterocycles. The van der Waals surface area contributed by atoms with Crippen molar-refractivity contribution in [3.05, 3.63) is 23.3 Å². The fourth-order valence-electron chi connectivity index (χ4n) is 1.29. The number of ether oxygens (including phenoxy) is 1. The maximum atomic E-state index is 5.79. The van der Waals surface area contributed by atoms with Crippen LogP contribution < -0.4 is 10.5 Å². The number of anilines is 1. The third-order valence-corrected chi connectivity index (χ3v) is 2.32. The average molecular weight is 193 g/mol. The van der Waals surface area contributed by atoms with E-state index >= 15 is 0 Å². The Kier molecular flexibility index (Phi) is 3.81. The zero-order valence-corrected chi connectivity index (χ0v) is 9.26. The number of hydrogen-bond acceptors (Lipinski definition) is 2. The van der Waals surface area contributed by atoms with E-state index in [1.807, 2.05) is 26.0 Å². The van der Waals surface area contributed by atoms with Crippen molar-refractivity contribution in [3.8, 4) is 5.75 Å². The molecule has 0 atom stereocenters. The van der Waals surface area contributed by atoms with Crippen molar-refractivity contribution in [1.29, 1.82) is 0 Å². The topological polar surface area (TPSA) is 35.2 Å². The standard InChI is InChI=1S/C12H19NO/c1-4-5-6-14-12-8-9(2)11(13)7-10(12)3/h7-8H,4-6,13H2,1-3H3. The van der Waals surface area contributed by atoms with Gasteiger partial charge in [0.2, 0.25) is 0 Å². The molecule has 0 aliphatic heterocycles. The molecule has 0 radical (unpaired) electrons. The summed E-state index contributed by atoms with van der Waals surface area (Å²) < 4.78 is 5.66. The molecular weight excluding hydrogens is 174 g/mol. The van der Waals surface area contributed by atoms with Crippen LogP contribution in [0.5, 0.6) is 5.75 Å². The minimum Gasteiger partial charge on any atom is -0.493 e. The molecule has 0 aliphatic rings. The van der Waals surface area contributed by atoms with E-state index in [-0.39, 0.29) is 0 Å². The lowest BCUT2D eigenvalue weighted by Gasteiger charge is -2.11. The van der Waals surface area contributed by atoms with Crippen LogP contribution >= 0.6 is 0 Å². The highest BCUT2D eigenvalue weighted by atomic mass is 16.5. The quantitative estimate of drug-likeness (QED) is 0.589. The first-order valence-electron chi connectivity index (χ1n) is 5.14. The summed E-state index contributed by atoms with van der Waals surface area (Å²) in [6, 6.07) is 3.98. The molecule has 1 aromatic carbocycles. The summed E-state index contributed by atoms with van der Waals surface area (Å²) in [5.74, 6) is 0.963. The zero-order chi connectivity index (χ0) is 10.6. The van der Waals surface area contributed by atoms with E-state index in [0.717, 1.165) is 42.0 Å². The van der Waals surface area contributed by atoms with Crippen LogP contribution in [0, 0.1) is 13.8 Å². The van der Waals surface area contributed by atoms with E-state index < -0.39 is 0 Å². The van der Waals surface area contributed by atoms with Crippen LogP contribution in [0.3, 0.4) is 0 Å². The minimum atomic E-state index is 0.792. The van der Waals surface area contributed by atoms with E-state index in [9.17, 15) is 0 Å². The largest absolute Gasteiger partial charge is 0.493 e. The first-order chi connectivity index (χ1) is 6.65. The van der Waals surface area contributed by atoms with E-state index in [1.165, 1.54) is 0 Å². The Morgan fingerprint density at radius 3 is 2.57 bits per heavy atom. The van der Waals surface area contributed by atoms with Gasteiger partial charge in [-0.2, -0.15) is 0 Å². The Hall–Kier alpha value is -1.18. The van der Waals surface area contributed by atoms with Crippen LogP contribution in [-0.2, 0) is 0 Å². The molecule has 2 nitrogen and oxygen atoms in total. The van der Waals surface area contributed by atoms with Crippen molar-refractivity contribution >= 4 is 5.69 Å². The van der Waals surface area contributed by atoms with Crippen LogP contribution in [0.4, 0.5) is 5.69 Å². The van der Waals surface area contributed by atoms with Crippen molar-refractivity contribution in [2.45, 2.75) is 33.6 Å². The second-order valence-corrected chi connectivity index (χ2v) is 3.68. The van der Waals surface area contributed by atoms with Crippen molar-refractivity contribution in [1.82, 2.24) is 0 Å². The van der Waals surface area contributed by atoms with Gasteiger partial charge in [0.25, 0.3) is 0 Å². The lowest BCUT2D eigenvalue weighted by molar-refractivity contribution is 0.307. The smallest absolute Gasteiger partial charge is 0.122 e. The minimum absolute atomic E-state index is 0.792. The summed E-state index contributed by atoms with van der Waals surface area (Å²) in [5.41, 5.74) is 8.83. The highest BCUT2D eigenvalue weighted by Crippen LogP contribution is 2.24. The van der Waals surface area contributed by atoms with Gasteiger partial charge in [0, 0.05) is 5.69 Å². The van der Waals surface area contributed by atoms with Crippen LogP contribution in [0.15, 0.2) is 12.1 Å². The lowest BCUT2D eigenvalue weighted by Crippen LogP contribution is -2.00. The number of unbranched alkanes of at least 4 members (excludes halogenated alkanes) is 1. The van der Waals surface area contributed by atoms with Crippen LogP contribution in [0.25, 0.3) is 0 Å². The summed E-state index contributed by atoms with van der Waals surface area (Å²) in [6.07, 6.45) is 2.26. The number of nitrogens with two attached hydrogens (primary N) is 1. The summed E-state index contributed by atoms with van der Waals surface area (Å²) in [7, 11) is 0. The Morgan fingerprint density at radius 1 is 1.21 bits per heavy atom. The number of aryl methyl sites for hydroxylation is 2. The molecule has 2 heteroatoms. The van der Waals surface area contributed by atoms with Crippen LogP contribution in [-0.4, -0.2) is 6.61 Å². The SMILES string of the molecule is CCCCOc1cc(C)c(N)cc1C. The Balaban J connectivity index is 2.72. The van der Waals surface area contributed by atoms with Gasteiger partial charge < -0.3 is 10.5 Å². The second-order valence-electron chi connectivity index (χ2n) is 3.68.